The number of carboxylic acid groups (broad SMARTS) is 1. The van der Waals surface area contributed by atoms with Crippen molar-refractivity contribution in [3.8, 4) is 6.07 Å². The van der Waals surface area contributed by atoms with Crippen molar-refractivity contribution in [2.75, 3.05) is 0 Å². The quantitative estimate of drug-likeness (QED) is 0.753. The lowest BCUT2D eigenvalue weighted by Gasteiger charge is -2.00. The van der Waals surface area contributed by atoms with E-state index in [0.717, 1.165) is 12.1 Å². The van der Waals surface area contributed by atoms with Crippen molar-refractivity contribution in [1.29, 1.82) is 5.26 Å². The normalized spacial score (nSPS) is 9.31. The number of nitriles is 1. The molecule has 0 fully saturated rings. The summed E-state index contributed by atoms with van der Waals surface area (Å²) in [5.74, 6) is -2.48. The number of rotatable bonds is 1. The van der Waals surface area contributed by atoms with Crippen LogP contribution in [0.15, 0.2) is 12.1 Å². The fourth-order valence-electron chi connectivity index (χ4n) is 0.879. The van der Waals surface area contributed by atoms with Crippen LogP contribution in [0.25, 0.3) is 0 Å². The average Bonchev–Trinajstić information content (AvgIpc) is 2.01. The van der Waals surface area contributed by atoms with Gasteiger partial charge in [0.25, 0.3) is 0 Å². The highest BCUT2D eigenvalue weighted by Gasteiger charge is 2.16. The minimum absolute atomic E-state index is 0.000880. The van der Waals surface area contributed by atoms with Crippen LogP contribution in [0.1, 0.15) is 15.9 Å². The van der Waals surface area contributed by atoms with Crippen molar-refractivity contribution in [1.82, 2.24) is 0 Å². The number of hydrogen-bond acceptors (Lipinski definition) is 2. The third-order valence-corrected chi connectivity index (χ3v) is 1.61. The molecule has 1 aromatic carbocycles. The Hall–Kier alpha value is -1.60. The van der Waals surface area contributed by atoms with E-state index in [4.69, 9.17) is 22.0 Å². The lowest BCUT2D eigenvalue weighted by molar-refractivity contribution is 0.0691. The van der Waals surface area contributed by atoms with Gasteiger partial charge in [0.15, 0.2) is 0 Å². The molecule has 0 saturated carbocycles. The maximum atomic E-state index is 12.9. The van der Waals surface area contributed by atoms with Crippen LogP contribution in [-0.2, 0) is 0 Å². The van der Waals surface area contributed by atoms with E-state index in [0.29, 0.717) is 0 Å². The molecule has 0 aliphatic heterocycles. The number of nitrogens with zero attached hydrogens (tertiary/aromatic N) is 1. The maximum absolute atomic E-state index is 12.9. The van der Waals surface area contributed by atoms with Crippen LogP contribution in [0.5, 0.6) is 0 Å². The minimum Gasteiger partial charge on any atom is -0.478 e. The van der Waals surface area contributed by atoms with Crippen molar-refractivity contribution in [2.24, 2.45) is 0 Å². The molecule has 1 N–H and O–H groups in total. The first kappa shape index (κ1) is 9.49. The number of hydrogen-bond donors (Lipinski definition) is 1. The zero-order valence-electron chi connectivity index (χ0n) is 6.21. The van der Waals surface area contributed by atoms with Crippen LogP contribution in [0.3, 0.4) is 0 Å². The van der Waals surface area contributed by atoms with Crippen LogP contribution in [0.4, 0.5) is 4.39 Å². The number of aromatic carboxylic acids is 1. The summed E-state index contributed by atoms with van der Waals surface area (Å²) in [5.41, 5.74) is -0.926. The van der Waals surface area contributed by atoms with Gasteiger partial charge >= 0.3 is 5.97 Å². The summed E-state index contributed by atoms with van der Waals surface area (Å²) in [6.45, 7) is 0. The van der Waals surface area contributed by atoms with E-state index in [1.807, 2.05) is 0 Å². The molecule has 1 rings (SSSR count). The van der Waals surface area contributed by atoms with Gasteiger partial charge in [-0.3, -0.25) is 0 Å². The van der Waals surface area contributed by atoms with Gasteiger partial charge in [0.2, 0.25) is 0 Å². The first-order chi connectivity index (χ1) is 6.06. The summed E-state index contributed by atoms with van der Waals surface area (Å²) in [5, 5.41) is 17.0. The fraction of sp³-hybridized carbons (Fsp3) is 0. The Morgan fingerprint density at radius 2 is 2.23 bits per heavy atom. The molecule has 0 aliphatic carbocycles. The van der Waals surface area contributed by atoms with E-state index >= 15 is 0 Å². The summed E-state index contributed by atoms with van der Waals surface area (Å²) < 4.78 is 12.9. The summed E-state index contributed by atoms with van der Waals surface area (Å²) in [4.78, 5) is 10.5. The third-order valence-electron chi connectivity index (χ3n) is 1.39. The summed E-state index contributed by atoms with van der Waals surface area (Å²) in [6.07, 6.45) is 0. The molecule has 13 heavy (non-hydrogen) atoms. The molecular formula is C8H3ClFNO2. The largest absolute Gasteiger partial charge is 0.478 e. The van der Waals surface area contributed by atoms with Crippen LogP contribution in [0, 0.1) is 17.1 Å². The molecule has 0 unspecified atom stereocenters. The summed E-state index contributed by atoms with van der Waals surface area (Å²) >= 11 is 5.42. The van der Waals surface area contributed by atoms with Crippen molar-refractivity contribution in [2.45, 2.75) is 0 Å². The monoisotopic (exact) mass is 199 g/mol. The van der Waals surface area contributed by atoms with Gasteiger partial charge in [-0.05, 0) is 12.1 Å². The molecule has 66 valence electrons. The first-order valence-electron chi connectivity index (χ1n) is 3.18. The van der Waals surface area contributed by atoms with Gasteiger partial charge in [0.05, 0.1) is 5.56 Å². The second kappa shape index (κ2) is 3.42. The van der Waals surface area contributed by atoms with Gasteiger partial charge in [0, 0.05) is 5.02 Å². The van der Waals surface area contributed by atoms with Crippen molar-refractivity contribution < 1.29 is 14.3 Å². The molecule has 0 heterocycles. The van der Waals surface area contributed by atoms with E-state index in [1.165, 1.54) is 0 Å². The number of benzene rings is 1. The van der Waals surface area contributed by atoms with E-state index in [9.17, 15) is 9.18 Å². The SMILES string of the molecule is N#Cc1cc(Cl)cc(F)c1C(=O)O. The molecule has 0 saturated heterocycles. The average molecular weight is 200 g/mol. The smallest absolute Gasteiger partial charge is 0.340 e. The molecule has 3 nitrogen and oxygen atoms in total. The Balaban J connectivity index is 3.50. The van der Waals surface area contributed by atoms with Crippen molar-refractivity contribution >= 4 is 17.6 Å². The predicted octanol–water partition coefficient (Wildman–Crippen LogP) is 2.05. The van der Waals surface area contributed by atoms with Gasteiger partial charge in [-0.1, -0.05) is 11.6 Å². The minimum atomic E-state index is -1.48. The maximum Gasteiger partial charge on any atom is 0.340 e. The molecule has 5 heteroatoms. The molecule has 0 aromatic heterocycles. The second-order valence-corrected chi connectivity index (χ2v) is 2.66. The summed E-state index contributed by atoms with van der Waals surface area (Å²) in [6, 6.07) is 3.51. The predicted molar refractivity (Wildman–Crippen MR) is 43.1 cm³/mol. The Kier molecular flexibility index (Phi) is 2.49. The molecule has 0 bridgehead atoms. The molecule has 1 aromatic rings. The molecule has 0 spiro atoms. The highest BCUT2D eigenvalue weighted by atomic mass is 35.5. The summed E-state index contributed by atoms with van der Waals surface area (Å²) in [7, 11) is 0. The molecule has 0 atom stereocenters. The third kappa shape index (κ3) is 1.76. The number of carbonyl (C=O) groups is 1. The van der Waals surface area contributed by atoms with Crippen molar-refractivity contribution in [3.63, 3.8) is 0 Å². The highest BCUT2D eigenvalue weighted by Crippen LogP contribution is 2.19. The van der Waals surface area contributed by atoms with Crippen molar-refractivity contribution in [3.05, 3.63) is 34.1 Å². The second-order valence-electron chi connectivity index (χ2n) is 2.23. The van der Waals surface area contributed by atoms with E-state index < -0.39 is 17.3 Å². The number of halogens is 2. The highest BCUT2D eigenvalue weighted by molar-refractivity contribution is 6.30. The van der Waals surface area contributed by atoms with E-state index in [1.54, 1.807) is 6.07 Å². The Labute approximate surface area is 78.0 Å². The van der Waals surface area contributed by atoms with Gasteiger partial charge < -0.3 is 5.11 Å². The lowest BCUT2D eigenvalue weighted by atomic mass is 10.1. The topological polar surface area (TPSA) is 61.1 Å². The molecular weight excluding hydrogens is 197 g/mol. The molecule has 0 aliphatic rings. The molecule has 0 radical (unpaired) electrons. The van der Waals surface area contributed by atoms with Crippen LogP contribution in [0.2, 0.25) is 5.02 Å². The Morgan fingerprint density at radius 3 is 2.69 bits per heavy atom. The first-order valence-corrected chi connectivity index (χ1v) is 3.56. The standard InChI is InChI=1S/C8H3ClFNO2/c9-5-1-4(3-11)7(8(12)13)6(10)2-5/h1-2H,(H,12,13). The Morgan fingerprint density at radius 1 is 1.62 bits per heavy atom. The zero-order chi connectivity index (χ0) is 10.0. The Bertz CT molecular complexity index is 411. The van der Waals surface area contributed by atoms with Gasteiger partial charge in [-0.25, -0.2) is 9.18 Å². The molecule has 0 amide bonds. The fourth-order valence-corrected chi connectivity index (χ4v) is 1.08. The van der Waals surface area contributed by atoms with Gasteiger partial charge in [-0.15, -0.1) is 0 Å². The van der Waals surface area contributed by atoms with Gasteiger partial charge in [0.1, 0.15) is 17.4 Å². The zero-order valence-corrected chi connectivity index (χ0v) is 6.97. The van der Waals surface area contributed by atoms with Gasteiger partial charge in [-0.2, -0.15) is 5.26 Å². The lowest BCUT2D eigenvalue weighted by Crippen LogP contribution is -2.03. The number of carboxylic acids is 1. The van der Waals surface area contributed by atoms with Crippen LogP contribution in [-0.4, -0.2) is 11.1 Å². The van der Waals surface area contributed by atoms with Crippen LogP contribution >= 0.6 is 11.6 Å². The van der Waals surface area contributed by atoms with E-state index in [-0.39, 0.29) is 10.6 Å². The van der Waals surface area contributed by atoms with E-state index in [2.05, 4.69) is 0 Å². The van der Waals surface area contributed by atoms with Crippen LogP contribution < -0.4 is 0 Å².